The molecule has 0 saturated carbocycles. The summed E-state index contributed by atoms with van der Waals surface area (Å²) in [7, 11) is -2.48. The number of amides is 1. The minimum absolute atomic E-state index is 0.111. The first kappa shape index (κ1) is 26.0. The lowest BCUT2D eigenvalue weighted by Crippen LogP contribution is -2.62. The third kappa shape index (κ3) is 3.34. The molecule has 3 fully saturated rings. The first-order valence-electron chi connectivity index (χ1n) is 12.3. The van der Waals surface area contributed by atoms with Crippen molar-refractivity contribution < 1.29 is 41.4 Å². The van der Waals surface area contributed by atoms with Crippen LogP contribution in [0.25, 0.3) is 16.3 Å². The molecule has 3 saturated heterocycles. The van der Waals surface area contributed by atoms with Gasteiger partial charge in [0.25, 0.3) is 15.1 Å². The van der Waals surface area contributed by atoms with Gasteiger partial charge in [-0.05, 0) is 48.9 Å². The maximum absolute atomic E-state index is 13.8. The number of thiazole rings is 1. The molecule has 7 rings (SSSR count). The van der Waals surface area contributed by atoms with E-state index in [4.69, 9.17) is 11.0 Å². The van der Waals surface area contributed by atoms with Crippen molar-refractivity contribution in [3.63, 3.8) is 0 Å². The maximum Gasteiger partial charge on any atom is 0.443 e. The second-order valence-electron chi connectivity index (χ2n) is 10.3. The van der Waals surface area contributed by atoms with Gasteiger partial charge in [0, 0.05) is 17.0 Å². The van der Waals surface area contributed by atoms with E-state index in [-0.39, 0.29) is 25.9 Å². The molecule has 15 heteroatoms. The number of piperidine rings is 1. The van der Waals surface area contributed by atoms with Gasteiger partial charge in [-0.1, -0.05) is 16.4 Å². The van der Waals surface area contributed by atoms with Crippen molar-refractivity contribution in [2.24, 2.45) is 12.8 Å². The third-order valence-electron chi connectivity index (χ3n) is 8.60. The predicted octanol–water partition coefficient (Wildman–Crippen LogP) is 3.35. The molecule has 4 atom stereocenters. The normalized spacial score (nSPS) is 32.2. The highest BCUT2D eigenvalue weighted by Crippen LogP contribution is 2.70. The number of hydrogen-bond acceptors (Lipinski definition) is 10. The molecule has 11 nitrogen and oxygen atoms in total. The smallest absolute Gasteiger partial charge is 0.282 e. The number of benzene rings is 2. The first-order chi connectivity index (χ1) is 18.6. The minimum Gasteiger partial charge on any atom is -0.282 e. The Morgan fingerprint density at radius 1 is 1.26 bits per heavy atom. The van der Waals surface area contributed by atoms with Crippen LogP contribution in [0.2, 0.25) is 0 Å². The van der Waals surface area contributed by atoms with E-state index in [1.807, 2.05) is 25.2 Å². The van der Waals surface area contributed by atoms with Crippen LogP contribution in [0.15, 0.2) is 56.1 Å². The zero-order valence-electron chi connectivity index (χ0n) is 20.6. The molecule has 5 heterocycles. The summed E-state index contributed by atoms with van der Waals surface area (Å²) in [6, 6.07) is 10.4. The van der Waals surface area contributed by atoms with Crippen LogP contribution >= 0.6 is 35.1 Å². The van der Waals surface area contributed by atoms with Crippen molar-refractivity contribution in [1.29, 1.82) is 0 Å². The predicted molar refractivity (Wildman–Crippen MR) is 145 cm³/mol. The summed E-state index contributed by atoms with van der Waals surface area (Å²) < 4.78 is 42.3. The average Bonchev–Trinajstić information content (AvgIpc) is 3.61. The van der Waals surface area contributed by atoms with E-state index in [1.165, 1.54) is 6.07 Å². The molecule has 3 spiro atoms. The topological polar surface area (TPSA) is 140 Å². The Kier molecular flexibility index (Phi) is 5.72. The average molecular weight is 610 g/mol. The lowest BCUT2D eigenvalue weighted by Gasteiger charge is -2.40. The van der Waals surface area contributed by atoms with Gasteiger partial charge in [-0.3, -0.25) is 10.3 Å². The summed E-state index contributed by atoms with van der Waals surface area (Å²) in [5.41, 5.74) is 7.28. The van der Waals surface area contributed by atoms with E-state index in [9.17, 15) is 17.8 Å². The zero-order valence-corrected chi connectivity index (χ0v) is 23.9. The molecule has 4 aliphatic rings. The largest absolute Gasteiger partial charge is 0.443 e. The lowest BCUT2D eigenvalue weighted by molar-refractivity contribution is -0.683. The minimum atomic E-state index is -4.44. The monoisotopic (exact) mass is 609 g/mol. The highest BCUT2D eigenvalue weighted by molar-refractivity contribution is 8.03. The van der Waals surface area contributed by atoms with Gasteiger partial charge in [0.05, 0.1) is 40.9 Å². The number of nitrogens with zero attached hydrogens (tertiary/aromatic N) is 3. The Morgan fingerprint density at radius 3 is 2.74 bits per heavy atom. The fourth-order valence-corrected chi connectivity index (χ4v) is 10.2. The molecule has 4 N–H and O–H groups in total. The highest BCUT2D eigenvalue weighted by Gasteiger charge is 3.02. The molecule has 204 valence electrons. The Balaban J connectivity index is 1.43. The summed E-state index contributed by atoms with van der Waals surface area (Å²) in [6.45, 7) is 1.22. The summed E-state index contributed by atoms with van der Waals surface area (Å²) >= 11 is 4.03. The number of hydrogen-bond donors (Lipinski definition) is 3. The van der Waals surface area contributed by atoms with Gasteiger partial charge in [-0.25, -0.2) is 10.1 Å². The number of fused-ring (bicyclic) bond motifs is 5. The number of aromatic nitrogens is 1. The number of rotatable bonds is 5. The van der Waals surface area contributed by atoms with Crippen molar-refractivity contribution in [3.8, 4) is 0 Å². The molecule has 0 bridgehead atoms. The molecule has 4 aliphatic heterocycles. The van der Waals surface area contributed by atoms with Crippen LogP contribution < -0.4 is 14.8 Å². The summed E-state index contributed by atoms with van der Waals surface area (Å²) in [5, 5.41) is 14.1. The van der Waals surface area contributed by atoms with Gasteiger partial charge in [0.1, 0.15) is 11.7 Å². The van der Waals surface area contributed by atoms with E-state index in [1.54, 1.807) is 35.2 Å². The van der Waals surface area contributed by atoms with E-state index in [2.05, 4.69) is 20.0 Å². The van der Waals surface area contributed by atoms with Crippen LogP contribution in [0.3, 0.4) is 0 Å². The van der Waals surface area contributed by atoms with Gasteiger partial charge < -0.3 is 0 Å². The van der Waals surface area contributed by atoms with Crippen LogP contribution in [0.5, 0.6) is 0 Å². The molecule has 39 heavy (non-hydrogen) atoms. The molecular weight excluding hydrogens is 585 g/mol. The summed E-state index contributed by atoms with van der Waals surface area (Å²) in [6.07, 6.45) is 4.27. The SMILES string of the molecule is C[n+]1c(C=C2Sc3ccc(S(=O)(=O)O)cc3[N+]23CCCCC32C(=O)[N+]23CC3N)sc2ccc(SOOO)cc21. The number of thioether (sulfide) groups is 1. The van der Waals surface area contributed by atoms with E-state index >= 15 is 0 Å². The first-order valence-corrected chi connectivity index (χ1v) is 16.1. The summed E-state index contributed by atoms with van der Waals surface area (Å²) in [5.74, 6) is 0.111. The summed E-state index contributed by atoms with van der Waals surface area (Å²) in [4.78, 5) is 15.2. The van der Waals surface area contributed by atoms with Crippen LogP contribution in [0.4, 0.5) is 5.69 Å². The number of aryl methyl sites for hydroxylation is 1. The van der Waals surface area contributed by atoms with Crippen LogP contribution in [0.1, 0.15) is 24.3 Å². The Bertz CT molecular complexity index is 1730. The fourth-order valence-electron chi connectivity index (χ4n) is 6.79. The fraction of sp³-hybridized carbons (Fsp3) is 0.333. The Labute approximate surface area is 236 Å². The zero-order chi connectivity index (χ0) is 27.4. The van der Waals surface area contributed by atoms with Gasteiger partial charge >= 0.3 is 11.6 Å². The number of nitrogens with two attached hydrogens (primary N) is 1. The van der Waals surface area contributed by atoms with E-state index in [0.29, 0.717) is 19.5 Å². The molecule has 1 aromatic heterocycles. The highest BCUT2D eigenvalue weighted by atomic mass is 32.2. The van der Waals surface area contributed by atoms with Crippen molar-refractivity contribution in [2.45, 2.75) is 45.8 Å². The molecule has 0 radical (unpaired) electrons. The van der Waals surface area contributed by atoms with Gasteiger partial charge in [0.2, 0.25) is 11.7 Å². The van der Waals surface area contributed by atoms with Crippen LogP contribution in [-0.4, -0.2) is 53.5 Å². The standard InChI is InChI=1S/C24H23N4O7S4/c1-26-16-10-14(38-35-34-30)4-6-18(16)36-21(26)12-22-27(17-11-15(39(31,32)33)5-7-19(17)37-22)9-3-2-8-24(27)23(29)28(24)13-20(28)25/h4-7,10-12,20H,2-3,8-9,13,25H2,1H3/q+1/p+2. The molecule has 1 amide bonds. The van der Waals surface area contributed by atoms with Crippen LogP contribution in [-0.2, 0) is 31.3 Å². The van der Waals surface area contributed by atoms with Gasteiger partial charge in [0.15, 0.2) is 17.3 Å². The number of quaternary nitrogens is 2. The quantitative estimate of drug-likeness (QED) is 0.0751. The Morgan fingerprint density at radius 2 is 2.05 bits per heavy atom. The van der Waals surface area contributed by atoms with Crippen molar-refractivity contribution in [1.82, 2.24) is 4.48 Å². The van der Waals surface area contributed by atoms with E-state index in [0.717, 1.165) is 60.6 Å². The van der Waals surface area contributed by atoms with Gasteiger partial charge in [-0.2, -0.15) is 22.0 Å². The maximum atomic E-state index is 13.8. The Hall–Kier alpha value is -1.89. The number of carbonyl (C=O) groups excluding carboxylic acids is 1. The molecule has 3 aromatic rings. The second-order valence-corrected chi connectivity index (χ2v) is 14.6. The lowest BCUT2D eigenvalue weighted by atomic mass is 9.96. The molecular formula is C24H25N4O7S4+3. The molecule has 2 aromatic carbocycles. The number of carbonyl (C=O) groups is 1. The molecule has 0 aliphatic carbocycles. The van der Waals surface area contributed by atoms with Crippen molar-refractivity contribution in [3.05, 3.63) is 46.4 Å². The molecule has 4 unspecified atom stereocenters. The van der Waals surface area contributed by atoms with E-state index < -0.39 is 15.8 Å². The van der Waals surface area contributed by atoms with Crippen molar-refractivity contribution in [2.75, 3.05) is 13.1 Å². The van der Waals surface area contributed by atoms with Crippen LogP contribution in [0, 0.1) is 0 Å². The second kappa shape index (κ2) is 8.56. The third-order valence-corrected chi connectivity index (χ3v) is 12.4. The van der Waals surface area contributed by atoms with Gasteiger partial charge in [-0.15, -0.1) is 4.33 Å². The van der Waals surface area contributed by atoms with Crippen molar-refractivity contribution >= 4 is 73.1 Å².